The first-order valence-electron chi connectivity index (χ1n) is 4.03. The molecule has 1 aliphatic rings. The summed E-state index contributed by atoms with van der Waals surface area (Å²) in [6, 6.07) is 3.81. The van der Waals surface area contributed by atoms with Crippen molar-refractivity contribution in [3.8, 4) is 0 Å². The summed E-state index contributed by atoms with van der Waals surface area (Å²) in [6.45, 7) is 4.01. The molecular weight excluding hydrogens is 208 g/mol. The highest BCUT2D eigenvalue weighted by molar-refractivity contribution is 7.16. The van der Waals surface area contributed by atoms with Crippen molar-refractivity contribution in [2.45, 2.75) is 25.2 Å². The maximum atomic E-state index is 5.85. The Morgan fingerprint density at radius 3 is 2.38 bits per heavy atom. The molecule has 0 saturated carbocycles. The van der Waals surface area contributed by atoms with Crippen LogP contribution in [0.5, 0.6) is 0 Å². The lowest BCUT2D eigenvalue weighted by atomic mass is 10.1. The van der Waals surface area contributed by atoms with Gasteiger partial charge in [-0.25, -0.2) is 0 Å². The van der Waals surface area contributed by atoms with Crippen LogP contribution in [-0.4, -0.2) is 12.7 Å². The Balaban J connectivity index is 2.35. The average Bonchev–Trinajstić information content (AvgIpc) is 2.43. The van der Waals surface area contributed by atoms with Gasteiger partial charge >= 0.3 is 0 Å². The van der Waals surface area contributed by atoms with Gasteiger partial charge in [-0.2, -0.15) is 0 Å². The standard InChI is InChI=1S/C9H11ClO2S/c1-8(2)9(11-3,12-8)6-4-5-7(10)13-6/h4-5H,1-3H3. The number of methoxy groups -OCH3 is 1. The molecule has 0 amide bonds. The van der Waals surface area contributed by atoms with E-state index in [0.717, 1.165) is 9.21 Å². The van der Waals surface area contributed by atoms with Gasteiger partial charge in [0.2, 0.25) is 5.79 Å². The van der Waals surface area contributed by atoms with E-state index in [1.165, 1.54) is 11.3 Å². The first-order chi connectivity index (χ1) is 6.02. The number of halogens is 1. The maximum Gasteiger partial charge on any atom is 0.234 e. The van der Waals surface area contributed by atoms with Crippen molar-refractivity contribution in [2.24, 2.45) is 0 Å². The van der Waals surface area contributed by atoms with Crippen molar-refractivity contribution in [1.29, 1.82) is 0 Å². The summed E-state index contributed by atoms with van der Waals surface area (Å²) in [6.07, 6.45) is 0. The monoisotopic (exact) mass is 218 g/mol. The van der Waals surface area contributed by atoms with Crippen LogP contribution in [0.1, 0.15) is 18.7 Å². The van der Waals surface area contributed by atoms with Gasteiger partial charge in [0.05, 0.1) is 9.21 Å². The molecule has 4 heteroatoms. The van der Waals surface area contributed by atoms with Crippen molar-refractivity contribution in [1.82, 2.24) is 0 Å². The SMILES string of the molecule is COC1(c2ccc(Cl)s2)OC1(C)C. The van der Waals surface area contributed by atoms with Gasteiger partial charge in [-0.15, -0.1) is 11.3 Å². The quantitative estimate of drug-likeness (QED) is 0.712. The van der Waals surface area contributed by atoms with Gasteiger partial charge in [0, 0.05) is 7.11 Å². The van der Waals surface area contributed by atoms with Crippen molar-refractivity contribution < 1.29 is 9.47 Å². The normalized spacial score (nSPS) is 30.5. The molecule has 2 rings (SSSR count). The fraction of sp³-hybridized carbons (Fsp3) is 0.556. The molecule has 2 heterocycles. The van der Waals surface area contributed by atoms with Crippen LogP contribution in [0.25, 0.3) is 0 Å². The predicted molar refractivity (Wildman–Crippen MR) is 53.2 cm³/mol. The van der Waals surface area contributed by atoms with Gasteiger partial charge in [0.15, 0.2) is 0 Å². The summed E-state index contributed by atoms with van der Waals surface area (Å²) in [5, 5.41) is 0. The Hall–Kier alpha value is -0.0900. The summed E-state index contributed by atoms with van der Waals surface area (Å²) in [4.78, 5) is 1.03. The summed E-state index contributed by atoms with van der Waals surface area (Å²) >= 11 is 7.35. The second-order valence-corrected chi connectivity index (χ2v) is 5.25. The molecule has 0 N–H and O–H groups in total. The predicted octanol–water partition coefficient (Wildman–Crippen LogP) is 3.01. The molecule has 0 aromatic carbocycles. The Kier molecular flexibility index (Phi) is 1.97. The highest BCUT2D eigenvalue weighted by Gasteiger charge is 2.67. The number of rotatable bonds is 2. The first-order valence-corrected chi connectivity index (χ1v) is 5.22. The molecule has 0 spiro atoms. The smallest absolute Gasteiger partial charge is 0.234 e. The van der Waals surface area contributed by atoms with Gasteiger partial charge in [0.1, 0.15) is 5.60 Å². The minimum absolute atomic E-state index is 0.240. The number of ether oxygens (including phenoxy) is 2. The van der Waals surface area contributed by atoms with Gasteiger partial charge in [0.25, 0.3) is 0 Å². The number of hydrogen-bond acceptors (Lipinski definition) is 3. The van der Waals surface area contributed by atoms with E-state index < -0.39 is 5.79 Å². The molecule has 1 aliphatic heterocycles. The molecule has 72 valence electrons. The van der Waals surface area contributed by atoms with E-state index in [0.29, 0.717) is 0 Å². The van der Waals surface area contributed by atoms with E-state index in [1.54, 1.807) is 7.11 Å². The van der Waals surface area contributed by atoms with Crippen molar-refractivity contribution in [2.75, 3.05) is 7.11 Å². The van der Waals surface area contributed by atoms with Crippen LogP contribution in [0.3, 0.4) is 0 Å². The second-order valence-electron chi connectivity index (χ2n) is 3.54. The molecule has 1 aromatic heterocycles. The third kappa shape index (κ3) is 1.22. The zero-order valence-electron chi connectivity index (χ0n) is 7.76. The van der Waals surface area contributed by atoms with E-state index in [-0.39, 0.29) is 5.60 Å². The molecule has 0 bridgehead atoms. The number of epoxide rings is 1. The lowest BCUT2D eigenvalue weighted by Crippen LogP contribution is -2.19. The van der Waals surface area contributed by atoms with E-state index >= 15 is 0 Å². The van der Waals surface area contributed by atoms with Crippen molar-refractivity contribution in [3.05, 3.63) is 21.3 Å². The highest BCUT2D eigenvalue weighted by atomic mass is 35.5. The van der Waals surface area contributed by atoms with Crippen LogP contribution in [0, 0.1) is 0 Å². The van der Waals surface area contributed by atoms with Crippen molar-refractivity contribution >= 4 is 22.9 Å². The Bertz CT molecular complexity index is 334. The molecule has 0 radical (unpaired) electrons. The summed E-state index contributed by atoms with van der Waals surface area (Å²) in [5.74, 6) is -0.565. The van der Waals surface area contributed by atoms with Crippen LogP contribution in [0.15, 0.2) is 12.1 Å². The van der Waals surface area contributed by atoms with E-state index in [9.17, 15) is 0 Å². The Morgan fingerprint density at radius 2 is 2.08 bits per heavy atom. The zero-order valence-corrected chi connectivity index (χ0v) is 9.33. The lowest BCUT2D eigenvalue weighted by Gasteiger charge is -2.10. The molecule has 1 aromatic rings. The van der Waals surface area contributed by atoms with Crippen LogP contribution in [-0.2, 0) is 15.3 Å². The molecular formula is C9H11ClO2S. The first kappa shape index (κ1) is 9.46. The fourth-order valence-corrected chi connectivity index (χ4v) is 2.86. The summed E-state index contributed by atoms with van der Waals surface area (Å²) in [5.41, 5.74) is -0.240. The number of hydrogen-bond donors (Lipinski definition) is 0. The van der Waals surface area contributed by atoms with Crippen LogP contribution in [0.4, 0.5) is 0 Å². The molecule has 0 aliphatic carbocycles. The largest absolute Gasteiger partial charge is 0.346 e. The lowest BCUT2D eigenvalue weighted by molar-refractivity contribution is -0.0118. The van der Waals surface area contributed by atoms with Gasteiger partial charge < -0.3 is 9.47 Å². The molecule has 1 unspecified atom stereocenters. The molecule has 1 saturated heterocycles. The summed E-state index contributed by atoms with van der Waals surface area (Å²) < 4.78 is 11.7. The number of thiophene rings is 1. The topological polar surface area (TPSA) is 21.8 Å². The highest BCUT2D eigenvalue weighted by Crippen LogP contribution is 2.57. The van der Waals surface area contributed by atoms with E-state index in [2.05, 4.69) is 0 Å². The van der Waals surface area contributed by atoms with Crippen LogP contribution < -0.4 is 0 Å². The summed E-state index contributed by atoms with van der Waals surface area (Å²) in [7, 11) is 1.66. The average molecular weight is 219 g/mol. The van der Waals surface area contributed by atoms with Crippen molar-refractivity contribution in [3.63, 3.8) is 0 Å². The third-order valence-electron chi connectivity index (χ3n) is 2.33. The fourth-order valence-electron chi connectivity index (χ4n) is 1.56. The Morgan fingerprint density at radius 1 is 1.46 bits per heavy atom. The zero-order chi connectivity index (χ0) is 9.69. The molecule has 1 atom stereocenters. The van der Waals surface area contributed by atoms with E-state index in [1.807, 2.05) is 26.0 Å². The second kappa shape index (κ2) is 2.70. The molecule has 2 nitrogen and oxygen atoms in total. The third-order valence-corrected chi connectivity index (χ3v) is 3.65. The van der Waals surface area contributed by atoms with Crippen LogP contribution in [0.2, 0.25) is 4.34 Å². The van der Waals surface area contributed by atoms with Gasteiger partial charge in [-0.3, -0.25) is 0 Å². The molecule has 1 fully saturated rings. The van der Waals surface area contributed by atoms with Gasteiger partial charge in [-0.05, 0) is 26.0 Å². The minimum atomic E-state index is -0.565. The Labute approximate surface area is 86.4 Å². The maximum absolute atomic E-state index is 5.85. The minimum Gasteiger partial charge on any atom is -0.346 e. The molecule has 13 heavy (non-hydrogen) atoms. The van der Waals surface area contributed by atoms with Crippen LogP contribution >= 0.6 is 22.9 Å². The van der Waals surface area contributed by atoms with E-state index in [4.69, 9.17) is 21.1 Å². The van der Waals surface area contributed by atoms with Gasteiger partial charge in [-0.1, -0.05) is 11.6 Å².